The van der Waals surface area contributed by atoms with Crippen LogP contribution in [0, 0.1) is 0 Å². The van der Waals surface area contributed by atoms with Crippen LogP contribution in [0.25, 0.3) is 0 Å². The van der Waals surface area contributed by atoms with Crippen LogP contribution in [0.3, 0.4) is 0 Å². The number of nitrogens with two attached hydrogens (primary N) is 2. The molecule has 0 aliphatic rings. The number of nitrogens with one attached hydrogen (secondary N) is 4. The summed E-state index contributed by atoms with van der Waals surface area (Å²) in [5, 5.41) is 25.6. The first-order valence-corrected chi connectivity index (χ1v) is 11.2. The van der Waals surface area contributed by atoms with Gasteiger partial charge in [-0.25, -0.2) is 9.78 Å². The van der Waals surface area contributed by atoms with Crippen LogP contribution in [0.15, 0.2) is 12.5 Å². The third kappa shape index (κ3) is 9.88. The summed E-state index contributed by atoms with van der Waals surface area (Å²) in [6.07, 6.45) is 4.18. The van der Waals surface area contributed by atoms with Crippen molar-refractivity contribution in [3.05, 3.63) is 18.2 Å². The van der Waals surface area contributed by atoms with Crippen LogP contribution >= 0.6 is 11.8 Å². The number of aliphatic hydroxyl groups is 1. The Hall–Kier alpha value is -3.17. The van der Waals surface area contributed by atoms with Crippen LogP contribution in [0.5, 0.6) is 0 Å². The number of rotatable bonds is 15. The predicted molar refractivity (Wildman–Crippen MR) is 118 cm³/mol. The van der Waals surface area contributed by atoms with E-state index in [0.29, 0.717) is 17.9 Å². The molecule has 4 unspecified atom stereocenters. The molecule has 10 N–H and O–H groups in total. The van der Waals surface area contributed by atoms with E-state index in [1.807, 2.05) is 6.26 Å². The van der Waals surface area contributed by atoms with E-state index in [9.17, 15) is 34.2 Å². The van der Waals surface area contributed by atoms with Crippen molar-refractivity contribution in [1.82, 2.24) is 25.9 Å². The summed E-state index contributed by atoms with van der Waals surface area (Å²) in [4.78, 5) is 66.6. The zero-order chi connectivity index (χ0) is 25.0. The first kappa shape index (κ1) is 27.9. The highest BCUT2D eigenvalue weighted by Crippen LogP contribution is 2.02. The number of H-pyrrole nitrogens is 1. The Bertz CT molecular complexity index is 821. The van der Waals surface area contributed by atoms with Gasteiger partial charge in [0.05, 0.1) is 25.4 Å². The largest absolute Gasteiger partial charge is 0.480 e. The molecule has 4 amide bonds. The highest BCUT2D eigenvalue weighted by Gasteiger charge is 2.31. The summed E-state index contributed by atoms with van der Waals surface area (Å²) in [5.41, 5.74) is 11.3. The topological polar surface area (TPSA) is 243 Å². The fraction of sp³-hybridized carbons (Fsp3) is 0.556. The van der Waals surface area contributed by atoms with E-state index >= 15 is 0 Å². The first-order chi connectivity index (χ1) is 15.6. The number of hydrogen-bond acceptors (Lipinski definition) is 9. The van der Waals surface area contributed by atoms with Gasteiger partial charge in [-0.2, -0.15) is 11.8 Å². The molecule has 1 rings (SSSR count). The van der Waals surface area contributed by atoms with Crippen LogP contribution < -0.4 is 27.4 Å². The Morgan fingerprint density at radius 3 is 2.21 bits per heavy atom. The maximum absolute atomic E-state index is 12.6. The molecular weight excluding hydrogens is 458 g/mol. The highest BCUT2D eigenvalue weighted by atomic mass is 32.2. The van der Waals surface area contributed by atoms with Crippen molar-refractivity contribution in [2.45, 2.75) is 43.4 Å². The van der Waals surface area contributed by atoms with Crippen molar-refractivity contribution in [2.24, 2.45) is 11.5 Å². The van der Waals surface area contributed by atoms with E-state index in [1.54, 1.807) is 0 Å². The first-order valence-electron chi connectivity index (χ1n) is 9.83. The second kappa shape index (κ2) is 14.1. The van der Waals surface area contributed by atoms with Crippen LogP contribution in [0.2, 0.25) is 0 Å². The Morgan fingerprint density at radius 1 is 1.09 bits per heavy atom. The fourth-order valence-electron chi connectivity index (χ4n) is 2.62. The molecule has 0 spiro atoms. The minimum absolute atomic E-state index is 0.124. The summed E-state index contributed by atoms with van der Waals surface area (Å²) < 4.78 is 0. The van der Waals surface area contributed by atoms with Crippen molar-refractivity contribution in [3.63, 3.8) is 0 Å². The van der Waals surface area contributed by atoms with Crippen LogP contribution in [-0.4, -0.2) is 92.6 Å². The van der Waals surface area contributed by atoms with E-state index < -0.39 is 66.8 Å². The molecule has 0 radical (unpaired) electrons. The van der Waals surface area contributed by atoms with Gasteiger partial charge in [0.1, 0.15) is 18.1 Å². The molecule has 4 atom stereocenters. The predicted octanol–water partition coefficient (Wildman–Crippen LogP) is -3.56. The van der Waals surface area contributed by atoms with E-state index in [-0.39, 0.29) is 6.42 Å². The average Bonchev–Trinajstić information content (AvgIpc) is 3.27. The van der Waals surface area contributed by atoms with Crippen LogP contribution in [0.1, 0.15) is 18.5 Å². The fourth-order valence-corrected chi connectivity index (χ4v) is 3.11. The maximum Gasteiger partial charge on any atom is 0.326 e. The van der Waals surface area contributed by atoms with Crippen molar-refractivity contribution in [2.75, 3.05) is 18.6 Å². The van der Waals surface area contributed by atoms with Crippen LogP contribution in [-0.2, 0) is 30.4 Å². The zero-order valence-electron chi connectivity index (χ0n) is 17.9. The summed E-state index contributed by atoms with van der Waals surface area (Å²) in [7, 11) is 0. The second-order valence-electron chi connectivity index (χ2n) is 7.04. The van der Waals surface area contributed by atoms with Gasteiger partial charge in [0, 0.05) is 18.3 Å². The number of thioether (sulfide) groups is 1. The molecule has 14 nitrogen and oxygen atoms in total. The van der Waals surface area contributed by atoms with Gasteiger partial charge in [-0.05, 0) is 18.4 Å². The molecule has 0 fully saturated rings. The third-order valence-electron chi connectivity index (χ3n) is 4.42. The molecule has 1 heterocycles. The second-order valence-corrected chi connectivity index (χ2v) is 8.03. The molecule has 0 saturated carbocycles. The zero-order valence-corrected chi connectivity index (χ0v) is 18.8. The lowest BCUT2D eigenvalue weighted by atomic mass is 10.1. The number of aromatic nitrogens is 2. The Balaban J connectivity index is 2.82. The lowest BCUT2D eigenvalue weighted by Gasteiger charge is -2.23. The maximum atomic E-state index is 12.6. The van der Waals surface area contributed by atoms with E-state index in [1.165, 1.54) is 24.3 Å². The molecule has 0 aliphatic carbocycles. The number of nitrogens with zero attached hydrogens (tertiary/aromatic N) is 1. The molecule has 0 aliphatic heterocycles. The van der Waals surface area contributed by atoms with Gasteiger partial charge >= 0.3 is 5.97 Å². The van der Waals surface area contributed by atoms with Gasteiger partial charge in [0.15, 0.2) is 0 Å². The number of carboxylic acids is 1. The van der Waals surface area contributed by atoms with Crippen molar-refractivity contribution < 1.29 is 34.2 Å². The average molecular weight is 488 g/mol. The van der Waals surface area contributed by atoms with Gasteiger partial charge < -0.3 is 42.6 Å². The Labute approximate surface area is 193 Å². The van der Waals surface area contributed by atoms with Gasteiger partial charge in [0.25, 0.3) is 0 Å². The monoisotopic (exact) mass is 487 g/mol. The van der Waals surface area contributed by atoms with Gasteiger partial charge in [-0.15, -0.1) is 0 Å². The number of amides is 4. The number of aliphatic hydroxyl groups excluding tert-OH is 1. The minimum atomic E-state index is -1.56. The highest BCUT2D eigenvalue weighted by molar-refractivity contribution is 7.98. The van der Waals surface area contributed by atoms with Crippen molar-refractivity contribution in [1.29, 1.82) is 0 Å². The van der Waals surface area contributed by atoms with Crippen LogP contribution in [0.4, 0.5) is 0 Å². The van der Waals surface area contributed by atoms with E-state index in [0.717, 1.165) is 0 Å². The lowest BCUT2D eigenvalue weighted by molar-refractivity contribution is -0.142. The number of carbonyl (C=O) groups is 5. The summed E-state index contributed by atoms with van der Waals surface area (Å²) in [6.45, 7) is -0.877. The van der Waals surface area contributed by atoms with Gasteiger partial charge in [-0.1, -0.05) is 0 Å². The normalized spacial score (nSPS) is 14.4. The standard InChI is InChI=1S/C18H29N7O7S/c1-33-3-2-10(19)15(28)23-11(5-14(20)27)16(29)25-13(7-26)17(30)24-12(18(31)32)4-9-6-21-8-22-9/h6,8,10-13,26H,2-5,7,19H2,1H3,(H2,20,27)(H,21,22)(H,23,28)(H,24,30)(H,25,29)(H,31,32). The number of hydrogen-bond donors (Lipinski definition) is 8. The van der Waals surface area contributed by atoms with Gasteiger partial charge in [0.2, 0.25) is 23.6 Å². The quantitative estimate of drug-likeness (QED) is 0.121. The Kier molecular flexibility index (Phi) is 11.9. The van der Waals surface area contributed by atoms with Gasteiger partial charge in [-0.3, -0.25) is 19.2 Å². The number of carbonyl (C=O) groups excluding carboxylic acids is 4. The molecule has 0 aromatic carbocycles. The molecule has 1 aromatic rings. The molecule has 0 bridgehead atoms. The molecule has 1 aromatic heterocycles. The van der Waals surface area contributed by atoms with E-state index in [4.69, 9.17) is 11.5 Å². The minimum Gasteiger partial charge on any atom is -0.480 e. The molecule has 184 valence electrons. The number of aromatic amines is 1. The molecule has 15 heteroatoms. The SMILES string of the molecule is CSCCC(N)C(=O)NC(CC(N)=O)C(=O)NC(CO)C(=O)NC(Cc1cnc[nH]1)C(=O)O. The number of imidazole rings is 1. The number of primary amides is 1. The smallest absolute Gasteiger partial charge is 0.326 e. The lowest BCUT2D eigenvalue weighted by Crippen LogP contribution is -2.58. The summed E-state index contributed by atoms with van der Waals surface area (Å²) >= 11 is 1.47. The molecular formula is C18H29N7O7S. The van der Waals surface area contributed by atoms with Crippen molar-refractivity contribution in [3.8, 4) is 0 Å². The third-order valence-corrected chi connectivity index (χ3v) is 5.06. The van der Waals surface area contributed by atoms with Crippen molar-refractivity contribution >= 4 is 41.4 Å². The summed E-state index contributed by atoms with van der Waals surface area (Å²) in [6, 6.07) is -5.31. The number of aliphatic carboxylic acids is 1. The summed E-state index contributed by atoms with van der Waals surface area (Å²) in [5.74, 6) is -4.31. The number of carboxylic acid groups (broad SMARTS) is 1. The Morgan fingerprint density at radius 2 is 1.70 bits per heavy atom. The van der Waals surface area contributed by atoms with E-state index in [2.05, 4.69) is 25.9 Å². The molecule has 0 saturated heterocycles. The molecule has 33 heavy (non-hydrogen) atoms.